The van der Waals surface area contributed by atoms with Gasteiger partial charge in [0.1, 0.15) is 5.76 Å². The Balaban J connectivity index is 2.75. The van der Waals surface area contributed by atoms with Gasteiger partial charge in [-0.15, -0.1) is 0 Å². The average Bonchev–Trinajstić information content (AvgIpc) is 2.91. The quantitative estimate of drug-likeness (QED) is 0.500. The fraction of sp³-hybridized carbons (Fsp3) is 0.733. The highest BCUT2D eigenvalue weighted by atomic mass is 16.5. The molecule has 1 rings (SSSR count). The Morgan fingerprint density at radius 1 is 1.29 bits per heavy atom. The molecule has 3 N–H and O–H groups in total. The Kier molecular flexibility index (Phi) is 7.82. The lowest BCUT2D eigenvalue weighted by Crippen LogP contribution is -2.39. The number of hydrogen-bond donors (Lipinski definition) is 3. The molecule has 0 aliphatic heterocycles. The second kappa shape index (κ2) is 9.39. The first kappa shape index (κ1) is 17.5. The molecule has 0 aliphatic carbocycles. The van der Waals surface area contributed by atoms with Crippen molar-refractivity contribution < 1.29 is 9.63 Å². The highest BCUT2D eigenvalue weighted by Gasteiger charge is 2.13. The number of aliphatic hydroxyl groups is 1. The molecule has 1 aromatic rings. The number of rotatable bonds is 8. The van der Waals surface area contributed by atoms with E-state index in [9.17, 15) is 0 Å². The summed E-state index contributed by atoms with van der Waals surface area (Å²) in [5.41, 5.74) is 2.07. The van der Waals surface area contributed by atoms with Crippen LogP contribution in [0.3, 0.4) is 0 Å². The standard InChI is InChI=1S/C15H28N4O2/c1-5-13-12(14(6-2)21-19-13)9-18-15(16-7-3)17-8-11(4)10-20/h11,20H,5-10H2,1-4H3,(H2,16,17,18). The summed E-state index contributed by atoms with van der Waals surface area (Å²) in [5.74, 6) is 1.86. The molecule has 0 bridgehead atoms. The second-order valence-corrected chi connectivity index (χ2v) is 5.10. The van der Waals surface area contributed by atoms with E-state index in [0.29, 0.717) is 13.1 Å². The van der Waals surface area contributed by atoms with Crippen LogP contribution < -0.4 is 10.6 Å². The van der Waals surface area contributed by atoms with Crippen molar-refractivity contribution in [2.24, 2.45) is 10.9 Å². The maximum atomic E-state index is 9.07. The molecule has 1 heterocycles. The van der Waals surface area contributed by atoms with Gasteiger partial charge in [-0.05, 0) is 19.3 Å². The first-order chi connectivity index (χ1) is 10.2. The van der Waals surface area contributed by atoms with Gasteiger partial charge < -0.3 is 20.3 Å². The third-order valence-electron chi connectivity index (χ3n) is 3.28. The van der Waals surface area contributed by atoms with Crippen molar-refractivity contribution in [3.63, 3.8) is 0 Å². The first-order valence-corrected chi connectivity index (χ1v) is 7.75. The maximum Gasteiger partial charge on any atom is 0.191 e. The SMILES string of the molecule is CCNC(=NCc1c(CC)noc1CC)NCC(C)CO. The average molecular weight is 296 g/mol. The van der Waals surface area contributed by atoms with Crippen molar-refractivity contribution in [1.29, 1.82) is 0 Å². The summed E-state index contributed by atoms with van der Waals surface area (Å²) in [6, 6.07) is 0. The molecule has 1 aromatic heterocycles. The molecule has 1 unspecified atom stereocenters. The Bertz CT molecular complexity index is 421. The number of aryl methyl sites for hydroxylation is 2. The Morgan fingerprint density at radius 3 is 2.62 bits per heavy atom. The normalized spacial score (nSPS) is 13.3. The van der Waals surface area contributed by atoms with Crippen LogP contribution in [-0.4, -0.2) is 35.9 Å². The molecule has 120 valence electrons. The zero-order valence-corrected chi connectivity index (χ0v) is 13.6. The summed E-state index contributed by atoms with van der Waals surface area (Å²) in [4.78, 5) is 4.59. The molecule has 0 spiro atoms. The summed E-state index contributed by atoms with van der Waals surface area (Å²) in [5, 5.41) is 19.6. The Morgan fingerprint density at radius 2 is 2.05 bits per heavy atom. The van der Waals surface area contributed by atoms with Crippen LogP contribution in [0.15, 0.2) is 9.52 Å². The van der Waals surface area contributed by atoms with Crippen molar-refractivity contribution in [3.05, 3.63) is 17.0 Å². The lowest BCUT2D eigenvalue weighted by molar-refractivity contribution is 0.238. The molecule has 0 radical (unpaired) electrons. The topological polar surface area (TPSA) is 82.7 Å². The molecule has 1 atom stereocenters. The van der Waals surface area contributed by atoms with E-state index in [0.717, 1.165) is 42.4 Å². The van der Waals surface area contributed by atoms with Gasteiger partial charge >= 0.3 is 0 Å². The van der Waals surface area contributed by atoms with Gasteiger partial charge in [0.25, 0.3) is 0 Å². The number of nitrogens with one attached hydrogen (secondary N) is 2. The van der Waals surface area contributed by atoms with Crippen molar-refractivity contribution in [3.8, 4) is 0 Å². The van der Waals surface area contributed by atoms with Crippen LogP contribution in [-0.2, 0) is 19.4 Å². The summed E-state index contributed by atoms with van der Waals surface area (Å²) < 4.78 is 5.35. The van der Waals surface area contributed by atoms with E-state index >= 15 is 0 Å². The van der Waals surface area contributed by atoms with Crippen LogP contribution in [0.5, 0.6) is 0 Å². The lowest BCUT2D eigenvalue weighted by Gasteiger charge is -2.14. The smallest absolute Gasteiger partial charge is 0.191 e. The van der Waals surface area contributed by atoms with Crippen molar-refractivity contribution in [2.45, 2.75) is 47.1 Å². The minimum Gasteiger partial charge on any atom is -0.396 e. The predicted molar refractivity (Wildman–Crippen MR) is 84.3 cm³/mol. The van der Waals surface area contributed by atoms with Gasteiger partial charge in [-0.25, -0.2) is 4.99 Å². The van der Waals surface area contributed by atoms with Gasteiger partial charge in [0.05, 0.1) is 12.2 Å². The van der Waals surface area contributed by atoms with Gasteiger partial charge in [-0.1, -0.05) is 25.9 Å². The zero-order chi connectivity index (χ0) is 15.7. The maximum absolute atomic E-state index is 9.07. The van der Waals surface area contributed by atoms with Crippen molar-refractivity contribution in [2.75, 3.05) is 19.7 Å². The summed E-state index contributed by atoms with van der Waals surface area (Å²) in [7, 11) is 0. The number of aliphatic imine (C=N–C) groups is 1. The van der Waals surface area contributed by atoms with Gasteiger partial charge in [0.15, 0.2) is 5.96 Å². The van der Waals surface area contributed by atoms with E-state index in [-0.39, 0.29) is 12.5 Å². The van der Waals surface area contributed by atoms with Gasteiger partial charge in [-0.3, -0.25) is 0 Å². The van der Waals surface area contributed by atoms with E-state index < -0.39 is 0 Å². The van der Waals surface area contributed by atoms with Crippen molar-refractivity contribution >= 4 is 5.96 Å². The molecule has 0 amide bonds. The van der Waals surface area contributed by atoms with Crippen LogP contribution in [0.1, 0.15) is 44.7 Å². The molecule has 6 heteroatoms. The zero-order valence-electron chi connectivity index (χ0n) is 13.6. The molecule has 0 fully saturated rings. The second-order valence-electron chi connectivity index (χ2n) is 5.10. The highest BCUT2D eigenvalue weighted by Crippen LogP contribution is 2.16. The van der Waals surface area contributed by atoms with E-state index in [1.807, 2.05) is 13.8 Å². The number of aromatic nitrogens is 1. The lowest BCUT2D eigenvalue weighted by atomic mass is 10.1. The third-order valence-corrected chi connectivity index (χ3v) is 3.28. The van der Waals surface area contributed by atoms with E-state index in [1.54, 1.807) is 0 Å². The van der Waals surface area contributed by atoms with E-state index in [1.165, 1.54) is 0 Å². The molecule has 21 heavy (non-hydrogen) atoms. The molecule has 6 nitrogen and oxygen atoms in total. The number of hydrogen-bond acceptors (Lipinski definition) is 4. The van der Waals surface area contributed by atoms with Gasteiger partial charge in [0, 0.05) is 31.7 Å². The molecule has 0 saturated carbocycles. The summed E-state index contributed by atoms with van der Waals surface area (Å²) in [6.45, 7) is 10.3. The molecule has 0 aliphatic rings. The van der Waals surface area contributed by atoms with Crippen LogP contribution in [0, 0.1) is 5.92 Å². The van der Waals surface area contributed by atoms with Gasteiger partial charge in [-0.2, -0.15) is 0 Å². The van der Waals surface area contributed by atoms with Crippen LogP contribution in [0.25, 0.3) is 0 Å². The molecule has 0 saturated heterocycles. The number of aliphatic hydroxyl groups excluding tert-OH is 1. The number of guanidine groups is 1. The van der Waals surface area contributed by atoms with Crippen LogP contribution in [0.2, 0.25) is 0 Å². The monoisotopic (exact) mass is 296 g/mol. The number of nitrogens with zero attached hydrogens (tertiary/aromatic N) is 2. The van der Waals surface area contributed by atoms with Gasteiger partial charge in [0.2, 0.25) is 0 Å². The first-order valence-electron chi connectivity index (χ1n) is 7.75. The van der Waals surface area contributed by atoms with Crippen molar-refractivity contribution in [1.82, 2.24) is 15.8 Å². The third kappa shape index (κ3) is 5.38. The van der Waals surface area contributed by atoms with E-state index in [2.05, 4.69) is 34.6 Å². The minimum absolute atomic E-state index is 0.165. The fourth-order valence-corrected chi connectivity index (χ4v) is 1.95. The fourth-order valence-electron chi connectivity index (χ4n) is 1.95. The minimum atomic E-state index is 0.165. The van der Waals surface area contributed by atoms with Crippen LogP contribution in [0.4, 0.5) is 0 Å². The van der Waals surface area contributed by atoms with E-state index in [4.69, 9.17) is 9.63 Å². The summed E-state index contributed by atoms with van der Waals surface area (Å²) >= 11 is 0. The highest BCUT2D eigenvalue weighted by molar-refractivity contribution is 5.79. The Labute approximate surface area is 127 Å². The summed E-state index contributed by atoms with van der Waals surface area (Å²) in [6.07, 6.45) is 1.67. The molecular weight excluding hydrogens is 268 g/mol. The predicted octanol–water partition coefficient (Wildman–Crippen LogP) is 1.48. The van der Waals surface area contributed by atoms with Crippen LogP contribution >= 0.6 is 0 Å². The largest absolute Gasteiger partial charge is 0.396 e. The molecule has 0 aromatic carbocycles. The molecular formula is C15H28N4O2. The Hall–Kier alpha value is -1.56.